The van der Waals surface area contributed by atoms with Crippen molar-refractivity contribution in [2.75, 3.05) is 33.4 Å². The number of halogens is 1. The molecule has 192 valence electrons. The number of carbonyl (C=O) groups excluding carboxylic acids is 1. The van der Waals surface area contributed by atoms with Gasteiger partial charge in [0.05, 0.1) is 48.9 Å². The Kier molecular flexibility index (Phi) is 12.6. The summed E-state index contributed by atoms with van der Waals surface area (Å²) in [5.74, 6) is -0.793. The van der Waals surface area contributed by atoms with Crippen LogP contribution < -0.4 is 22.1 Å². The minimum atomic E-state index is -0.815. The Morgan fingerprint density at radius 3 is 2.82 bits per heavy atom. The Hall–Kier alpha value is -0.770. The molecule has 0 radical (unpaired) electrons. The molecule has 6 atom stereocenters. The van der Waals surface area contributed by atoms with Gasteiger partial charge in [0.25, 0.3) is 0 Å². The minimum Gasteiger partial charge on any atom is -0.382 e. The molecule has 1 amide bonds. The number of unbranched alkanes of at least 4 members (excludes halogenated alkanes) is 2. The van der Waals surface area contributed by atoms with Gasteiger partial charge >= 0.3 is 0 Å². The highest BCUT2D eigenvalue weighted by Gasteiger charge is 2.40. The molecular formula is C24H46ClN5O3. The molecule has 0 aliphatic carbocycles. The molecule has 9 heteroatoms. The average molecular weight is 488 g/mol. The van der Waals surface area contributed by atoms with Crippen LogP contribution in [-0.4, -0.2) is 75.3 Å². The number of aliphatic imine (C=N–C) groups is 1. The van der Waals surface area contributed by atoms with E-state index in [1.807, 2.05) is 0 Å². The van der Waals surface area contributed by atoms with Gasteiger partial charge in [0.1, 0.15) is 0 Å². The summed E-state index contributed by atoms with van der Waals surface area (Å²) in [5, 5.41) is 6.36. The lowest BCUT2D eigenvalue weighted by Crippen LogP contribution is -2.60. The lowest BCUT2D eigenvalue weighted by atomic mass is 9.72. The first-order chi connectivity index (χ1) is 15.8. The second-order valence-electron chi connectivity index (χ2n) is 10.0. The Bertz CT molecular complexity index is 609. The topological polar surface area (TPSA) is 124 Å². The second-order valence-corrected chi connectivity index (χ2v) is 10.6. The first-order valence-electron chi connectivity index (χ1n) is 12.6. The van der Waals surface area contributed by atoms with Crippen LogP contribution in [0.3, 0.4) is 0 Å². The van der Waals surface area contributed by atoms with E-state index in [-0.39, 0.29) is 34.9 Å². The van der Waals surface area contributed by atoms with Crippen molar-refractivity contribution >= 4 is 23.7 Å². The number of ether oxygens (including phenoxy) is 2. The number of hydrogen-bond acceptors (Lipinski definition) is 7. The fraction of sp³-hybridized carbons (Fsp3) is 0.917. The number of nitrogens with zero attached hydrogens (tertiary/aromatic N) is 1. The van der Waals surface area contributed by atoms with Crippen molar-refractivity contribution in [2.45, 2.75) is 94.9 Å². The number of carbonyl (C=O) groups is 1. The number of hydrogen-bond donors (Lipinski definition) is 4. The summed E-state index contributed by atoms with van der Waals surface area (Å²) in [7, 11) is 1.65. The molecule has 0 spiro atoms. The molecule has 0 aromatic rings. The molecule has 2 aliphatic rings. The smallest absolute Gasteiger partial charge is 0.228 e. The number of nitrogens with two attached hydrogens (primary N) is 2. The van der Waals surface area contributed by atoms with Gasteiger partial charge in [-0.2, -0.15) is 0 Å². The normalized spacial score (nSPS) is 31.7. The lowest BCUT2D eigenvalue weighted by Gasteiger charge is -2.39. The van der Waals surface area contributed by atoms with E-state index in [4.69, 9.17) is 37.5 Å². The summed E-state index contributed by atoms with van der Waals surface area (Å²) in [6.45, 7) is 7.01. The van der Waals surface area contributed by atoms with Gasteiger partial charge < -0.3 is 31.6 Å². The van der Waals surface area contributed by atoms with Crippen molar-refractivity contribution in [1.82, 2.24) is 10.6 Å². The zero-order valence-electron chi connectivity index (χ0n) is 20.7. The molecule has 2 heterocycles. The van der Waals surface area contributed by atoms with Crippen molar-refractivity contribution in [2.24, 2.45) is 27.8 Å². The molecule has 2 rings (SSSR count). The van der Waals surface area contributed by atoms with Gasteiger partial charge in [0.15, 0.2) is 0 Å². The summed E-state index contributed by atoms with van der Waals surface area (Å²) in [4.78, 5) is 18.3. The van der Waals surface area contributed by atoms with Crippen molar-refractivity contribution in [3.8, 4) is 0 Å². The standard InChI is InChI=1S/C24H46ClN5O3/c1-4-5-6-9-24(2)10-7-17(25)15-29-18(14-24)21(22(26)27)23(31)30-19-16-28-11-8-20(19)33-13-12-32-3/h15,17-22,28H,4-14,16,26-27H2,1-3H3,(H,30,31)/t17?,18?,19?,20?,21?,24-/m1/s1. The molecule has 1 saturated heterocycles. The largest absolute Gasteiger partial charge is 0.382 e. The number of piperidine rings is 1. The van der Waals surface area contributed by atoms with E-state index in [2.05, 4.69) is 24.5 Å². The van der Waals surface area contributed by atoms with Gasteiger partial charge in [0.2, 0.25) is 5.91 Å². The third kappa shape index (κ3) is 9.42. The molecule has 0 bridgehead atoms. The molecule has 2 aliphatic heterocycles. The lowest BCUT2D eigenvalue weighted by molar-refractivity contribution is -0.129. The third-order valence-electron chi connectivity index (χ3n) is 7.05. The van der Waals surface area contributed by atoms with Gasteiger partial charge in [0, 0.05) is 19.9 Å². The van der Waals surface area contributed by atoms with E-state index >= 15 is 0 Å². The van der Waals surface area contributed by atoms with Crippen LogP contribution in [0.1, 0.15) is 65.2 Å². The second kappa shape index (κ2) is 14.6. The number of nitrogens with one attached hydrogen (secondary N) is 2. The number of amides is 1. The maximum absolute atomic E-state index is 13.5. The quantitative estimate of drug-likeness (QED) is 0.190. The van der Waals surface area contributed by atoms with E-state index in [0.29, 0.717) is 19.8 Å². The van der Waals surface area contributed by atoms with E-state index in [1.165, 1.54) is 12.8 Å². The van der Waals surface area contributed by atoms with Crippen LogP contribution in [0.4, 0.5) is 0 Å². The van der Waals surface area contributed by atoms with Gasteiger partial charge in [-0.1, -0.05) is 33.1 Å². The first kappa shape index (κ1) is 28.5. The Morgan fingerprint density at radius 2 is 2.12 bits per heavy atom. The maximum Gasteiger partial charge on any atom is 0.228 e. The third-order valence-corrected chi connectivity index (χ3v) is 7.38. The molecule has 0 aromatic heterocycles. The van der Waals surface area contributed by atoms with Crippen molar-refractivity contribution in [3.63, 3.8) is 0 Å². The van der Waals surface area contributed by atoms with E-state index in [1.54, 1.807) is 13.3 Å². The minimum absolute atomic E-state index is 0.0519. The van der Waals surface area contributed by atoms with Gasteiger partial charge in [-0.25, -0.2) is 0 Å². The van der Waals surface area contributed by atoms with Gasteiger partial charge in [-0.3, -0.25) is 9.79 Å². The fourth-order valence-corrected chi connectivity index (χ4v) is 5.19. The zero-order chi connectivity index (χ0) is 24.3. The number of methoxy groups -OCH3 is 1. The highest BCUT2D eigenvalue weighted by molar-refractivity contribution is 6.28. The molecule has 1 fully saturated rings. The van der Waals surface area contributed by atoms with Gasteiger partial charge in [-0.15, -0.1) is 11.6 Å². The molecule has 0 saturated carbocycles. The van der Waals surface area contributed by atoms with E-state index in [9.17, 15) is 4.79 Å². The Balaban J connectivity index is 2.14. The van der Waals surface area contributed by atoms with Crippen LogP contribution in [0.15, 0.2) is 4.99 Å². The van der Waals surface area contributed by atoms with Crippen LogP contribution in [0.2, 0.25) is 0 Å². The summed E-state index contributed by atoms with van der Waals surface area (Å²) >= 11 is 6.50. The molecular weight excluding hydrogens is 442 g/mol. The van der Waals surface area contributed by atoms with Crippen LogP contribution in [-0.2, 0) is 14.3 Å². The zero-order valence-corrected chi connectivity index (χ0v) is 21.5. The summed E-state index contributed by atoms with van der Waals surface area (Å²) < 4.78 is 11.1. The van der Waals surface area contributed by atoms with Crippen LogP contribution >= 0.6 is 11.6 Å². The Morgan fingerprint density at radius 1 is 1.33 bits per heavy atom. The van der Waals surface area contributed by atoms with Gasteiger partial charge in [-0.05, 0) is 44.1 Å². The van der Waals surface area contributed by atoms with Crippen molar-refractivity contribution in [1.29, 1.82) is 0 Å². The molecule has 8 nitrogen and oxygen atoms in total. The van der Waals surface area contributed by atoms with Crippen molar-refractivity contribution in [3.05, 3.63) is 0 Å². The van der Waals surface area contributed by atoms with Crippen molar-refractivity contribution < 1.29 is 14.3 Å². The SMILES string of the molecule is CCCCC[C@]1(C)CCC(Cl)C=NC(C(C(=O)NC2CNCCC2OCCOC)C(N)N)C1. The summed E-state index contributed by atoms with van der Waals surface area (Å²) in [6, 6.07) is -0.457. The summed E-state index contributed by atoms with van der Waals surface area (Å²) in [6.07, 6.45) is 9.00. The Labute approximate surface area is 204 Å². The number of alkyl halides is 1. The molecule has 5 unspecified atom stereocenters. The van der Waals surface area contributed by atoms with Crippen LogP contribution in [0, 0.1) is 11.3 Å². The fourth-order valence-electron chi connectivity index (χ4n) is 5.02. The summed E-state index contributed by atoms with van der Waals surface area (Å²) in [5.41, 5.74) is 12.4. The highest BCUT2D eigenvalue weighted by Crippen LogP contribution is 2.39. The van der Waals surface area contributed by atoms with E-state index < -0.39 is 12.1 Å². The predicted molar refractivity (Wildman–Crippen MR) is 135 cm³/mol. The first-order valence-corrected chi connectivity index (χ1v) is 13.0. The number of rotatable bonds is 12. The molecule has 0 aromatic carbocycles. The highest BCUT2D eigenvalue weighted by atomic mass is 35.5. The average Bonchev–Trinajstić information content (AvgIpc) is 2.76. The molecule has 33 heavy (non-hydrogen) atoms. The van der Waals surface area contributed by atoms with Crippen LogP contribution in [0.5, 0.6) is 0 Å². The monoisotopic (exact) mass is 487 g/mol. The van der Waals surface area contributed by atoms with Crippen LogP contribution in [0.25, 0.3) is 0 Å². The predicted octanol–water partition coefficient (Wildman–Crippen LogP) is 2.17. The van der Waals surface area contributed by atoms with E-state index in [0.717, 1.165) is 45.1 Å². The maximum atomic E-state index is 13.5. The molecule has 6 N–H and O–H groups in total.